The summed E-state index contributed by atoms with van der Waals surface area (Å²) < 4.78 is 13.9. The van der Waals surface area contributed by atoms with Crippen LogP contribution < -0.4 is 5.32 Å². The van der Waals surface area contributed by atoms with Crippen LogP contribution in [0.25, 0.3) is 0 Å². The number of amides is 1. The Morgan fingerprint density at radius 2 is 1.95 bits per heavy atom. The van der Waals surface area contributed by atoms with E-state index < -0.39 is 0 Å². The lowest BCUT2D eigenvalue weighted by molar-refractivity contribution is -0.131. The van der Waals surface area contributed by atoms with Crippen LogP contribution in [0.3, 0.4) is 0 Å². The third kappa shape index (κ3) is 4.07. The van der Waals surface area contributed by atoms with Gasteiger partial charge in [0.05, 0.1) is 0 Å². The lowest BCUT2D eigenvalue weighted by Gasteiger charge is -2.25. The normalized spacial score (nSPS) is 17.4. The first kappa shape index (κ1) is 15.5. The van der Waals surface area contributed by atoms with Crippen molar-refractivity contribution in [2.75, 3.05) is 18.4 Å². The maximum Gasteiger partial charge on any atom is 0.244 e. The Labute approximate surface area is 133 Å². The number of anilines is 1. The van der Waals surface area contributed by atoms with E-state index in [0.717, 1.165) is 35.2 Å². The lowest BCUT2D eigenvalue weighted by atomic mass is 10.2. The minimum Gasteiger partial charge on any atom is -0.373 e. The number of halogens is 2. The summed E-state index contributed by atoms with van der Waals surface area (Å²) in [6.45, 7) is 3.57. The van der Waals surface area contributed by atoms with E-state index in [-0.39, 0.29) is 17.8 Å². The zero-order valence-electron chi connectivity index (χ0n) is 11.7. The smallest absolute Gasteiger partial charge is 0.244 e. The molecule has 1 aliphatic rings. The zero-order valence-corrected chi connectivity index (χ0v) is 13.8. The summed E-state index contributed by atoms with van der Waals surface area (Å²) in [6.07, 6.45) is 4.60. The molecule has 1 aliphatic heterocycles. The van der Waals surface area contributed by atoms with Crippen molar-refractivity contribution in [3.8, 4) is 0 Å². The highest BCUT2D eigenvalue weighted by molar-refractivity contribution is 14.1. The molecule has 0 aromatic heterocycles. The van der Waals surface area contributed by atoms with E-state index in [4.69, 9.17) is 0 Å². The predicted octanol–water partition coefficient (Wildman–Crippen LogP) is 3.63. The molecule has 20 heavy (non-hydrogen) atoms. The van der Waals surface area contributed by atoms with Crippen LogP contribution in [-0.4, -0.2) is 29.9 Å². The Kier molecular flexibility index (Phi) is 5.63. The number of benzene rings is 1. The molecule has 110 valence electrons. The second-order valence-electron chi connectivity index (χ2n) is 5.23. The molecule has 1 aromatic rings. The average Bonchev–Trinajstić information content (AvgIpc) is 2.70. The topological polar surface area (TPSA) is 32.3 Å². The highest BCUT2D eigenvalue weighted by Crippen LogP contribution is 2.20. The minimum atomic E-state index is -0.285. The second-order valence-corrected chi connectivity index (χ2v) is 6.39. The van der Waals surface area contributed by atoms with E-state index in [1.165, 1.54) is 25.0 Å². The van der Waals surface area contributed by atoms with Crippen molar-refractivity contribution in [2.24, 2.45) is 0 Å². The van der Waals surface area contributed by atoms with Crippen molar-refractivity contribution < 1.29 is 9.18 Å². The molecule has 0 aliphatic carbocycles. The fraction of sp³-hybridized carbons (Fsp3) is 0.533. The number of rotatable bonds is 3. The van der Waals surface area contributed by atoms with E-state index in [9.17, 15) is 9.18 Å². The monoisotopic (exact) mass is 390 g/mol. The average molecular weight is 390 g/mol. The molecule has 1 heterocycles. The number of nitrogens with one attached hydrogen (secondary N) is 1. The predicted molar refractivity (Wildman–Crippen MR) is 87.2 cm³/mol. The summed E-state index contributed by atoms with van der Waals surface area (Å²) in [5.74, 6) is -0.126. The molecule has 1 fully saturated rings. The Bertz CT molecular complexity index is 473. The molecule has 1 unspecified atom stereocenters. The summed E-state index contributed by atoms with van der Waals surface area (Å²) in [6, 6.07) is 4.27. The molecule has 1 N–H and O–H groups in total. The van der Waals surface area contributed by atoms with Gasteiger partial charge >= 0.3 is 0 Å². The standard InChI is InChI=1S/C15H20FIN2O/c1-11(15(20)19-8-4-2-3-5-9-19)18-14-7-6-12(16)10-13(14)17/h6-7,10-11,18H,2-5,8-9H2,1H3. The summed E-state index contributed by atoms with van der Waals surface area (Å²) in [5.41, 5.74) is 0.808. The van der Waals surface area contributed by atoms with Gasteiger partial charge in [0.2, 0.25) is 5.91 Å². The molecule has 2 rings (SSSR count). The van der Waals surface area contributed by atoms with Gasteiger partial charge < -0.3 is 10.2 Å². The van der Waals surface area contributed by atoms with Gasteiger partial charge in [-0.2, -0.15) is 0 Å². The van der Waals surface area contributed by atoms with Gasteiger partial charge in [-0.3, -0.25) is 4.79 Å². The molecule has 0 saturated carbocycles. The maximum absolute atomic E-state index is 13.1. The first-order valence-electron chi connectivity index (χ1n) is 7.08. The van der Waals surface area contributed by atoms with E-state index in [1.54, 1.807) is 6.07 Å². The van der Waals surface area contributed by atoms with Gasteiger partial charge in [-0.1, -0.05) is 12.8 Å². The van der Waals surface area contributed by atoms with E-state index in [0.29, 0.717) is 0 Å². The SMILES string of the molecule is CC(Nc1ccc(F)cc1I)C(=O)N1CCCCCC1. The van der Waals surface area contributed by atoms with Gasteiger partial charge in [0.1, 0.15) is 11.9 Å². The number of likely N-dealkylation sites (tertiary alicyclic amines) is 1. The van der Waals surface area contributed by atoms with Crippen LogP contribution in [0.2, 0.25) is 0 Å². The van der Waals surface area contributed by atoms with E-state index >= 15 is 0 Å². The first-order valence-corrected chi connectivity index (χ1v) is 8.16. The van der Waals surface area contributed by atoms with Crippen LogP contribution in [0.4, 0.5) is 10.1 Å². The minimum absolute atomic E-state index is 0.132. The molecule has 1 amide bonds. The van der Waals surface area contributed by atoms with Crippen molar-refractivity contribution in [1.82, 2.24) is 4.90 Å². The quantitative estimate of drug-likeness (QED) is 0.800. The van der Waals surface area contributed by atoms with Crippen molar-refractivity contribution in [3.63, 3.8) is 0 Å². The highest BCUT2D eigenvalue weighted by Gasteiger charge is 2.21. The van der Waals surface area contributed by atoms with E-state index in [1.807, 2.05) is 11.8 Å². The maximum atomic E-state index is 13.1. The molecule has 1 saturated heterocycles. The number of hydrogen-bond donors (Lipinski definition) is 1. The Morgan fingerprint density at radius 1 is 1.30 bits per heavy atom. The van der Waals surface area contributed by atoms with Crippen LogP contribution in [0, 0.1) is 9.39 Å². The van der Waals surface area contributed by atoms with Crippen LogP contribution in [0.5, 0.6) is 0 Å². The third-order valence-electron chi connectivity index (χ3n) is 3.59. The number of carbonyl (C=O) groups excluding carboxylic acids is 1. The van der Waals surface area contributed by atoms with E-state index in [2.05, 4.69) is 27.9 Å². The van der Waals surface area contributed by atoms with Gasteiger partial charge in [-0.15, -0.1) is 0 Å². The highest BCUT2D eigenvalue weighted by atomic mass is 127. The fourth-order valence-electron chi connectivity index (χ4n) is 2.47. The summed E-state index contributed by atoms with van der Waals surface area (Å²) in [4.78, 5) is 14.4. The fourth-order valence-corrected chi connectivity index (χ4v) is 3.10. The Balaban J connectivity index is 1.99. The number of nitrogens with zero attached hydrogens (tertiary/aromatic N) is 1. The summed E-state index contributed by atoms with van der Waals surface area (Å²) in [7, 11) is 0. The lowest BCUT2D eigenvalue weighted by Crippen LogP contribution is -2.42. The van der Waals surface area contributed by atoms with Gasteiger partial charge in [0, 0.05) is 22.3 Å². The molecule has 0 bridgehead atoms. The van der Waals surface area contributed by atoms with Gasteiger partial charge in [-0.05, 0) is 60.6 Å². The van der Waals surface area contributed by atoms with Crippen molar-refractivity contribution >= 4 is 34.2 Å². The van der Waals surface area contributed by atoms with Crippen molar-refractivity contribution in [1.29, 1.82) is 0 Å². The molecule has 1 aromatic carbocycles. The summed E-state index contributed by atoms with van der Waals surface area (Å²) in [5, 5.41) is 3.19. The molecular formula is C15H20FIN2O. The van der Waals surface area contributed by atoms with Gasteiger partial charge in [0.25, 0.3) is 0 Å². The first-order chi connectivity index (χ1) is 9.58. The summed E-state index contributed by atoms with van der Waals surface area (Å²) >= 11 is 2.08. The molecule has 0 spiro atoms. The largest absolute Gasteiger partial charge is 0.373 e. The number of carbonyl (C=O) groups is 1. The van der Waals surface area contributed by atoms with Crippen molar-refractivity contribution in [2.45, 2.75) is 38.6 Å². The van der Waals surface area contributed by atoms with Crippen LogP contribution in [0.1, 0.15) is 32.6 Å². The molecule has 0 radical (unpaired) electrons. The molecule has 3 nitrogen and oxygen atoms in total. The molecule has 5 heteroatoms. The Morgan fingerprint density at radius 3 is 2.55 bits per heavy atom. The Hall–Kier alpha value is -0.850. The van der Waals surface area contributed by atoms with Crippen LogP contribution in [0.15, 0.2) is 18.2 Å². The van der Waals surface area contributed by atoms with Crippen molar-refractivity contribution in [3.05, 3.63) is 27.6 Å². The molecule has 1 atom stereocenters. The molecular weight excluding hydrogens is 370 g/mol. The van der Waals surface area contributed by atoms with Gasteiger partial charge in [-0.25, -0.2) is 4.39 Å². The zero-order chi connectivity index (χ0) is 14.5. The van der Waals surface area contributed by atoms with Gasteiger partial charge in [0.15, 0.2) is 0 Å². The third-order valence-corrected chi connectivity index (χ3v) is 4.48. The second kappa shape index (κ2) is 7.24. The number of hydrogen-bond acceptors (Lipinski definition) is 2. The van der Waals surface area contributed by atoms with Crippen LogP contribution in [-0.2, 0) is 4.79 Å². The van der Waals surface area contributed by atoms with Crippen LogP contribution >= 0.6 is 22.6 Å².